The molecule has 0 saturated heterocycles. The molecule has 0 bridgehead atoms. The maximum absolute atomic E-state index is 10.3. The van der Waals surface area contributed by atoms with Gasteiger partial charge in [0, 0.05) is 23.7 Å². The first-order valence-corrected chi connectivity index (χ1v) is 8.50. The Morgan fingerprint density at radius 3 is 3.04 bits per heavy atom. The molecule has 4 rings (SSSR count). The Morgan fingerprint density at radius 1 is 1.42 bits per heavy atom. The molecule has 7 nitrogen and oxygen atoms in total. The monoisotopic (exact) mass is 326 g/mol. The second kappa shape index (κ2) is 5.90. The topological polar surface area (TPSA) is 106 Å². The first kappa shape index (κ1) is 15.1. The zero-order valence-corrected chi connectivity index (χ0v) is 13.7. The van der Waals surface area contributed by atoms with Gasteiger partial charge in [0.2, 0.25) is 0 Å². The third-order valence-corrected chi connectivity index (χ3v) is 5.15. The number of aromatic amines is 1. The van der Waals surface area contributed by atoms with Crippen molar-refractivity contribution in [2.75, 3.05) is 5.73 Å². The quantitative estimate of drug-likeness (QED) is 0.683. The van der Waals surface area contributed by atoms with E-state index in [1.165, 1.54) is 6.33 Å². The van der Waals surface area contributed by atoms with Gasteiger partial charge in [0.1, 0.15) is 12.0 Å². The van der Waals surface area contributed by atoms with Gasteiger partial charge < -0.3 is 15.8 Å². The molecule has 1 aliphatic rings. The lowest BCUT2D eigenvalue weighted by Gasteiger charge is -2.25. The lowest BCUT2D eigenvalue weighted by Crippen LogP contribution is -2.25. The molecule has 3 aromatic heterocycles. The van der Waals surface area contributed by atoms with Crippen molar-refractivity contribution in [3.63, 3.8) is 0 Å². The van der Waals surface area contributed by atoms with Crippen LogP contribution in [0.25, 0.3) is 22.3 Å². The number of aromatic nitrogens is 5. The van der Waals surface area contributed by atoms with Gasteiger partial charge in [-0.25, -0.2) is 9.97 Å². The number of fused-ring (bicyclic) bond motifs is 1. The Labute approximate surface area is 139 Å². The maximum Gasteiger partial charge on any atom is 0.154 e. The first-order valence-electron chi connectivity index (χ1n) is 8.50. The number of rotatable bonds is 4. The van der Waals surface area contributed by atoms with Crippen LogP contribution in [0.15, 0.2) is 24.8 Å². The summed E-state index contributed by atoms with van der Waals surface area (Å²) in [5.41, 5.74) is 8.57. The lowest BCUT2D eigenvalue weighted by molar-refractivity contribution is 0.0951. The number of hydrogen-bond donors (Lipinski definition) is 3. The van der Waals surface area contributed by atoms with Crippen LogP contribution in [-0.4, -0.2) is 35.9 Å². The zero-order valence-electron chi connectivity index (χ0n) is 13.7. The second-order valence-electron chi connectivity index (χ2n) is 6.51. The predicted molar refractivity (Wildman–Crippen MR) is 92.2 cm³/mol. The molecule has 3 aromatic rings. The number of aliphatic hydroxyl groups excluding tert-OH is 1. The summed E-state index contributed by atoms with van der Waals surface area (Å²) in [5.74, 6) is 0.696. The van der Waals surface area contributed by atoms with E-state index in [9.17, 15) is 5.11 Å². The Morgan fingerprint density at radius 2 is 2.29 bits per heavy atom. The molecule has 3 heterocycles. The normalized spacial score (nSPS) is 22.2. The lowest BCUT2D eigenvalue weighted by atomic mass is 9.94. The van der Waals surface area contributed by atoms with Gasteiger partial charge in [-0.2, -0.15) is 5.10 Å². The van der Waals surface area contributed by atoms with Crippen LogP contribution in [0.1, 0.15) is 38.6 Å². The second-order valence-corrected chi connectivity index (χ2v) is 6.51. The highest BCUT2D eigenvalue weighted by Crippen LogP contribution is 2.38. The fraction of sp³-hybridized carbons (Fsp3) is 0.471. The number of nitrogens with two attached hydrogens (primary N) is 1. The highest BCUT2D eigenvalue weighted by atomic mass is 16.3. The minimum atomic E-state index is -0.251. The summed E-state index contributed by atoms with van der Waals surface area (Å²) in [6.07, 6.45) is 8.97. The SMILES string of the molecule is CCC(C1CCCC1O)n1cc(-c2ncnc3[nH]ccc23)c(N)n1. The molecule has 0 amide bonds. The van der Waals surface area contributed by atoms with Gasteiger partial charge in [0.05, 0.1) is 23.4 Å². The number of hydrogen-bond acceptors (Lipinski definition) is 5. The predicted octanol–water partition coefficient (Wildman–Crippen LogP) is 2.52. The average molecular weight is 326 g/mol. The molecular weight excluding hydrogens is 304 g/mol. The van der Waals surface area contributed by atoms with Crippen molar-refractivity contribution in [2.24, 2.45) is 5.92 Å². The van der Waals surface area contributed by atoms with E-state index in [0.717, 1.165) is 48.0 Å². The summed E-state index contributed by atoms with van der Waals surface area (Å²) in [6.45, 7) is 2.13. The van der Waals surface area contributed by atoms with Crippen LogP contribution in [0.4, 0.5) is 5.82 Å². The number of nitrogen functional groups attached to an aromatic ring is 1. The Balaban J connectivity index is 1.75. The Kier molecular flexibility index (Phi) is 3.72. The molecule has 24 heavy (non-hydrogen) atoms. The zero-order chi connectivity index (χ0) is 16.7. The highest BCUT2D eigenvalue weighted by molar-refractivity contribution is 5.92. The molecule has 3 unspecified atom stereocenters. The minimum Gasteiger partial charge on any atom is -0.393 e. The van der Waals surface area contributed by atoms with Crippen molar-refractivity contribution in [2.45, 2.75) is 44.8 Å². The third kappa shape index (κ3) is 2.36. The van der Waals surface area contributed by atoms with Crippen LogP contribution in [0, 0.1) is 5.92 Å². The molecule has 1 aliphatic carbocycles. The van der Waals surface area contributed by atoms with Crippen LogP contribution in [0.5, 0.6) is 0 Å². The van der Waals surface area contributed by atoms with E-state index in [2.05, 4.69) is 27.0 Å². The molecule has 1 saturated carbocycles. The van der Waals surface area contributed by atoms with Crippen molar-refractivity contribution in [1.82, 2.24) is 24.7 Å². The van der Waals surface area contributed by atoms with Gasteiger partial charge in [0.15, 0.2) is 5.82 Å². The number of nitrogens with zero attached hydrogens (tertiary/aromatic N) is 4. The van der Waals surface area contributed by atoms with Gasteiger partial charge in [-0.3, -0.25) is 4.68 Å². The molecule has 126 valence electrons. The standard InChI is InChI=1S/C17H22N6O/c1-2-13(10-4-3-5-14(10)24)23-8-12(16(18)22-23)15-11-6-7-19-17(11)21-9-20-15/h6-10,13-14,24H,2-5H2,1H3,(H2,18,22)(H,19,20,21). The van der Waals surface area contributed by atoms with Crippen LogP contribution in [0.2, 0.25) is 0 Å². The number of aliphatic hydroxyl groups is 1. The van der Waals surface area contributed by atoms with E-state index in [1.54, 1.807) is 0 Å². The van der Waals surface area contributed by atoms with E-state index in [1.807, 2.05) is 23.1 Å². The molecule has 0 aromatic carbocycles. The number of anilines is 1. The van der Waals surface area contributed by atoms with Crippen molar-refractivity contribution in [3.05, 3.63) is 24.8 Å². The van der Waals surface area contributed by atoms with E-state index >= 15 is 0 Å². The van der Waals surface area contributed by atoms with Crippen LogP contribution in [-0.2, 0) is 0 Å². The van der Waals surface area contributed by atoms with Gasteiger partial charge in [-0.05, 0) is 25.3 Å². The molecule has 0 spiro atoms. The van der Waals surface area contributed by atoms with Crippen LogP contribution < -0.4 is 5.73 Å². The van der Waals surface area contributed by atoms with Crippen LogP contribution in [0.3, 0.4) is 0 Å². The first-order chi connectivity index (χ1) is 11.7. The Hall–Kier alpha value is -2.41. The van der Waals surface area contributed by atoms with Crippen molar-refractivity contribution in [1.29, 1.82) is 0 Å². The fourth-order valence-corrected chi connectivity index (χ4v) is 3.95. The van der Waals surface area contributed by atoms with Crippen molar-refractivity contribution in [3.8, 4) is 11.3 Å². The number of nitrogens with one attached hydrogen (secondary N) is 1. The van der Waals surface area contributed by atoms with Gasteiger partial charge in [-0.15, -0.1) is 0 Å². The third-order valence-electron chi connectivity index (χ3n) is 5.15. The highest BCUT2D eigenvalue weighted by Gasteiger charge is 2.33. The summed E-state index contributed by atoms with van der Waals surface area (Å²) in [7, 11) is 0. The van der Waals surface area contributed by atoms with E-state index < -0.39 is 0 Å². The molecule has 4 N–H and O–H groups in total. The summed E-state index contributed by atoms with van der Waals surface area (Å²) < 4.78 is 1.92. The maximum atomic E-state index is 10.3. The van der Waals surface area contributed by atoms with Crippen LogP contribution >= 0.6 is 0 Å². The summed E-state index contributed by atoms with van der Waals surface area (Å²) in [5, 5.41) is 15.7. The minimum absolute atomic E-state index is 0.155. The smallest absolute Gasteiger partial charge is 0.154 e. The van der Waals surface area contributed by atoms with E-state index in [-0.39, 0.29) is 18.1 Å². The largest absolute Gasteiger partial charge is 0.393 e. The molecule has 3 atom stereocenters. The summed E-state index contributed by atoms with van der Waals surface area (Å²) in [6, 6.07) is 2.10. The molecule has 0 radical (unpaired) electrons. The van der Waals surface area contributed by atoms with Crippen molar-refractivity contribution >= 4 is 16.9 Å². The summed E-state index contributed by atoms with van der Waals surface area (Å²) in [4.78, 5) is 11.7. The average Bonchev–Trinajstić information content (AvgIpc) is 3.29. The van der Waals surface area contributed by atoms with E-state index in [4.69, 9.17) is 5.73 Å². The molecule has 0 aliphatic heterocycles. The fourth-order valence-electron chi connectivity index (χ4n) is 3.95. The number of H-pyrrole nitrogens is 1. The summed E-state index contributed by atoms with van der Waals surface area (Å²) >= 11 is 0. The van der Waals surface area contributed by atoms with Gasteiger partial charge in [0.25, 0.3) is 0 Å². The van der Waals surface area contributed by atoms with Crippen molar-refractivity contribution < 1.29 is 5.11 Å². The van der Waals surface area contributed by atoms with Gasteiger partial charge in [-0.1, -0.05) is 13.3 Å². The molecule has 7 heteroatoms. The molecule has 1 fully saturated rings. The van der Waals surface area contributed by atoms with E-state index in [0.29, 0.717) is 5.82 Å². The van der Waals surface area contributed by atoms with Gasteiger partial charge >= 0.3 is 0 Å². The molecular formula is C17H22N6O. The Bertz CT molecular complexity index is 854.